The van der Waals surface area contributed by atoms with E-state index in [4.69, 9.17) is 23.2 Å². The molecular weight excluding hydrogens is 399 g/mol. The highest BCUT2D eigenvalue weighted by Gasteiger charge is 2.19. The molecule has 0 unspecified atom stereocenters. The van der Waals surface area contributed by atoms with Crippen LogP contribution < -0.4 is 10.6 Å². The van der Waals surface area contributed by atoms with E-state index in [2.05, 4.69) is 25.9 Å². The zero-order valence-corrected chi connectivity index (χ0v) is 15.7. The third kappa shape index (κ3) is 4.18. The second-order valence-corrected chi connectivity index (χ2v) is 6.88. The molecule has 8 nitrogen and oxygen atoms in total. The summed E-state index contributed by atoms with van der Waals surface area (Å²) in [7, 11) is 0. The fraction of sp³-hybridized carbons (Fsp3) is 0.133. The number of anilines is 2. The molecule has 0 radical (unpaired) electrons. The van der Waals surface area contributed by atoms with Gasteiger partial charge in [0.25, 0.3) is 5.91 Å². The van der Waals surface area contributed by atoms with Crippen molar-refractivity contribution in [2.24, 2.45) is 0 Å². The quantitative estimate of drug-likeness (QED) is 0.671. The summed E-state index contributed by atoms with van der Waals surface area (Å²) in [6.45, 7) is 1.55. The first kappa shape index (κ1) is 18.3. The van der Waals surface area contributed by atoms with Crippen LogP contribution in [0.2, 0.25) is 10.0 Å². The van der Waals surface area contributed by atoms with Gasteiger partial charge in [-0.3, -0.25) is 9.59 Å². The summed E-state index contributed by atoms with van der Waals surface area (Å²) in [5.74, 6) is -0.823. The number of amides is 2. The molecule has 2 N–H and O–H groups in total. The summed E-state index contributed by atoms with van der Waals surface area (Å²) in [6, 6.07) is 4.72. The number of carbonyl (C=O) groups excluding carboxylic acids is 2. The van der Waals surface area contributed by atoms with Crippen molar-refractivity contribution in [2.45, 2.75) is 13.5 Å². The zero-order chi connectivity index (χ0) is 18.7. The summed E-state index contributed by atoms with van der Waals surface area (Å²) in [6.07, 6.45) is 1.59. The Hall–Kier alpha value is -2.49. The number of thiazole rings is 1. The van der Waals surface area contributed by atoms with Gasteiger partial charge in [0.2, 0.25) is 5.91 Å². The van der Waals surface area contributed by atoms with Gasteiger partial charge in [-0.1, -0.05) is 28.4 Å². The number of nitrogens with zero attached hydrogens (tertiary/aromatic N) is 4. The monoisotopic (exact) mass is 410 g/mol. The lowest BCUT2D eigenvalue weighted by molar-refractivity contribution is -0.117. The van der Waals surface area contributed by atoms with Crippen LogP contribution in [-0.2, 0) is 11.3 Å². The molecule has 0 saturated heterocycles. The standard InChI is InChI=1S/C15H12Cl2N6O2S/c1-8-13(14(25)19-11-6-9(16)2-3-10(11)17)21-22-23(8)7-12(24)20-15-18-4-5-26-15/h2-6H,7H2,1H3,(H,19,25)(H,18,20,24). The Morgan fingerprint density at radius 1 is 1.27 bits per heavy atom. The Morgan fingerprint density at radius 2 is 2.08 bits per heavy atom. The molecule has 0 bridgehead atoms. The van der Waals surface area contributed by atoms with Gasteiger partial charge >= 0.3 is 0 Å². The molecule has 2 amide bonds. The second-order valence-electron chi connectivity index (χ2n) is 5.14. The lowest BCUT2D eigenvalue weighted by Crippen LogP contribution is -2.21. The van der Waals surface area contributed by atoms with Crippen LogP contribution >= 0.6 is 34.5 Å². The molecule has 0 aliphatic rings. The minimum Gasteiger partial charge on any atom is -0.319 e. The highest BCUT2D eigenvalue weighted by atomic mass is 35.5. The van der Waals surface area contributed by atoms with E-state index < -0.39 is 5.91 Å². The van der Waals surface area contributed by atoms with E-state index in [0.29, 0.717) is 26.6 Å². The van der Waals surface area contributed by atoms with Crippen LogP contribution in [0.1, 0.15) is 16.2 Å². The first-order valence-corrected chi connectivity index (χ1v) is 8.93. The third-order valence-electron chi connectivity index (χ3n) is 3.35. The zero-order valence-electron chi connectivity index (χ0n) is 13.4. The van der Waals surface area contributed by atoms with E-state index in [1.807, 2.05) is 0 Å². The summed E-state index contributed by atoms with van der Waals surface area (Å²) in [5.41, 5.74) is 0.887. The van der Waals surface area contributed by atoms with Crippen LogP contribution in [0.3, 0.4) is 0 Å². The first-order chi connectivity index (χ1) is 12.4. The summed E-state index contributed by atoms with van der Waals surface area (Å²) in [4.78, 5) is 28.4. The van der Waals surface area contributed by atoms with Crippen molar-refractivity contribution in [1.82, 2.24) is 20.0 Å². The highest BCUT2D eigenvalue weighted by Crippen LogP contribution is 2.26. The third-order valence-corrected chi connectivity index (χ3v) is 4.60. The number of carbonyl (C=O) groups is 2. The number of halogens is 2. The minimum atomic E-state index is -0.502. The Bertz CT molecular complexity index is 957. The number of aromatic nitrogens is 4. The Balaban J connectivity index is 1.70. The van der Waals surface area contributed by atoms with Gasteiger partial charge in [-0.2, -0.15) is 0 Å². The van der Waals surface area contributed by atoms with Crippen molar-refractivity contribution in [3.63, 3.8) is 0 Å². The van der Waals surface area contributed by atoms with Crippen molar-refractivity contribution in [1.29, 1.82) is 0 Å². The van der Waals surface area contributed by atoms with E-state index in [-0.39, 0.29) is 18.1 Å². The largest absolute Gasteiger partial charge is 0.319 e. The number of rotatable bonds is 5. The van der Waals surface area contributed by atoms with Gasteiger partial charge in [0.15, 0.2) is 10.8 Å². The van der Waals surface area contributed by atoms with Crippen molar-refractivity contribution in [2.75, 3.05) is 10.6 Å². The Morgan fingerprint density at radius 3 is 2.81 bits per heavy atom. The molecule has 0 fully saturated rings. The molecule has 0 atom stereocenters. The van der Waals surface area contributed by atoms with Gasteiger partial charge in [-0.05, 0) is 25.1 Å². The second kappa shape index (κ2) is 7.81. The molecule has 134 valence electrons. The molecule has 0 aliphatic heterocycles. The predicted octanol–water partition coefficient (Wildman–Crippen LogP) is 3.24. The average Bonchev–Trinajstić information content (AvgIpc) is 3.21. The van der Waals surface area contributed by atoms with Crippen molar-refractivity contribution in [3.05, 3.63) is 51.2 Å². The number of hydrogen-bond donors (Lipinski definition) is 2. The predicted molar refractivity (Wildman–Crippen MR) is 99.9 cm³/mol. The normalized spacial score (nSPS) is 10.6. The van der Waals surface area contributed by atoms with Crippen LogP contribution in [0.15, 0.2) is 29.8 Å². The molecule has 1 aromatic carbocycles. The van der Waals surface area contributed by atoms with Gasteiger partial charge < -0.3 is 10.6 Å². The minimum absolute atomic E-state index is 0.0862. The van der Waals surface area contributed by atoms with Gasteiger partial charge in [0, 0.05) is 16.6 Å². The lowest BCUT2D eigenvalue weighted by Gasteiger charge is -2.07. The van der Waals surface area contributed by atoms with E-state index in [0.717, 1.165) is 0 Å². The summed E-state index contributed by atoms with van der Waals surface area (Å²) >= 11 is 13.2. The lowest BCUT2D eigenvalue weighted by atomic mass is 10.2. The van der Waals surface area contributed by atoms with E-state index in [1.54, 1.807) is 30.6 Å². The van der Waals surface area contributed by atoms with Crippen LogP contribution in [0, 0.1) is 6.92 Å². The van der Waals surface area contributed by atoms with Gasteiger partial charge in [0.05, 0.1) is 16.4 Å². The summed E-state index contributed by atoms with van der Waals surface area (Å²) in [5, 5.41) is 16.0. The van der Waals surface area contributed by atoms with Crippen molar-refractivity contribution in [3.8, 4) is 0 Å². The van der Waals surface area contributed by atoms with Gasteiger partial charge in [0.1, 0.15) is 6.54 Å². The molecule has 2 heterocycles. The van der Waals surface area contributed by atoms with Crippen LogP contribution in [0.25, 0.3) is 0 Å². The number of nitrogens with one attached hydrogen (secondary N) is 2. The molecule has 0 saturated carbocycles. The molecular formula is C15H12Cl2N6O2S. The van der Waals surface area contributed by atoms with Crippen LogP contribution in [-0.4, -0.2) is 31.8 Å². The average molecular weight is 411 g/mol. The molecule has 2 aromatic heterocycles. The molecule has 0 spiro atoms. The van der Waals surface area contributed by atoms with Crippen molar-refractivity contribution >= 4 is 57.2 Å². The maximum atomic E-state index is 12.4. The molecule has 3 aromatic rings. The van der Waals surface area contributed by atoms with Crippen LogP contribution in [0.4, 0.5) is 10.8 Å². The van der Waals surface area contributed by atoms with Crippen molar-refractivity contribution < 1.29 is 9.59 Å². The SMILES string of the molecule is Cc1c(C(=O)Nc2cc(Cl)ccc2Cl)nnn1CC(=O)Nc1nccs1. The smallest absolute Gasteiger partial charge is 0.278 e. The number of hydrogen-bond acceptors (Lipinski definition) is 6. The van der Waals surface area contributed by atoms with E-state index in [9.17, 15) is 9.59 Å². The maximum Gasteiger partial charge on any atom is 0.278 e. The van der Waals surface area contributed by atoms with Gasteiger partial charge in [-0.15, -0.1) is 16.4 Å². The van der Waals surface area contributed by atoms with E-state index >= 15 is 0 Å². The number of benzene rings is 1. The molecule has 0 aliphatic carbocycles. The Labute approximate surface area is 162 Å². The summed E-state index contributed by atoms with van der Waals surface area (Å²) < 4.78 is 1.33. The molecule has 3 rings (SSSR count). The topological polar surface area (TPSA) is 102 Å². The highest BCUT2D eigenvalue weighted by molar-refractivity contribution is 7.13. The van der Waals surface area contributed by atoms with Crippen LogP contribution in [0.5, 0.6) is 0 Å². The fourth-order valence-electron chi connectivity index (χ4n) is 2.08. The molecule has 26 heavy (non-hydrogen) atoms. The maximum absolute atomic E-state index is 12.4. The molecule has 11 heteroatoms. The fourth-order valence-corrected chi connectivity index (χ4v) is 2.96. The Kier molecular flexibility index (Phi) is 5.50. The van der Waals surface area contributed by atoms with E-state index in [1.165, 1.54) is 22.1 Å². The first-order valence-electron chi connectivity index (χ1n) is 7.30. The van der Waals surface area contributed by atoms with Gasteiger partial charge in [-0.25, -0.2) is 9.67 Å².